The summed E-state index contributed by atoms with van der Waals surface area (Å²) in [5, 5.41) is 3.13. The van der Waals surface area contributed by atoms with Crippen LogP contribution in [0.15, 0.2) is 21.6 Å². The first-order valence-electron chi connectivity index (χ1n) is 6.39. The minimum Gasteiger partial charge on any atom is -0.447 e. The molecule has 6 nitrogen and oxygen atoms in total. The topological polar surface area (TPSA) is 80.6 Å². The average Bonchev–Trinajstić information content (AvgIpc) is 2.96. The zero-order valence-corrected chi connectivity index (χ0v) is 12.0. The van der Waals surface area contributed by atoms with Gasteiger partial charge in [-0.25, -0.2) is 13.1 Å². The monoisotopic (exact) mass is 288 g/mol. The fourth-order valence-corrected chi connectivity index (χ4v) is 3.01. The summed E-state index contributed by atoms with van der Waals surface area (Å²) in [7, 11) is -3.59. The van der Waals surface area contributed by atoms with Crippen molar-refractivity contribution in [2.45, 2.75) is 44.0 Å². The Hall–Kier alpha value is -0.890. The second-order valence-electron chi connectivity index (χ2n) is 4.94. The number of nitrogens with one attached hydrogen (secondary N) is 2. The van der Waals surface area contributed by atoms with Crippen molar-refractivity contribution in [1.82, 2.24) is 10.0 Å². The van der Waals surface area contributed by atoms with Gasteiger partial charge in [-0.3, -0.25) is 0 Å². The minimum absolute atomic E-state index is 0.0417. The highest BCUT2D eigenvalue weighted by Gasteiger charge is 2.25. The van der Waals surface area contributed by atoms with Gasteiger partial charge in [0, 0.05) is 18.7 Å². The van der Waals surface area contributed by atoms with E-state index in [1.807, 2.05) is 13.8 Å². The molecule has 0 aromatic carbocycles. The molecule has 0 aliphatic carbocycles. The Morgan fingerprint density at radius 2 is 2.21 bits per heavy atom. The molecule has 0 bridgehead atoms. The van der Waals surface area contributed by atoms with E-state index in [4.69, 9.17) is 9.15 Å². The number of ether oxygens (including phenoxy) is 1. The Morgan fingerprint density at radius 1 is 1.42 bits per heavy atom. The van der Waals surface area contributed by atoms with Gasteiger partial charge in [-0.1, -0.05) is 13.8 Å². The molecule has 7 heteroatoms. The number of furan rings is 1. The zero-order chi connectivity index (χ0) is 13.9. The number of hydrogen-bond donors (Lipinski definition) is 2. The predicted molar refractivity (Wildman–Crippen MR) is 70.2 cm³/mol. The summed E-state index contributed by atoms with van der Waals surface area (Å²) < 4.78 is 37.2. The number of sulfonamides is 1. The van der Waals surface area contributed by atoms with Gasteiger partial charge < -0.3 is 14.5 Å². The van der Waals surface area contributed by atoms with Crippen LogP contribution in [-0.4, -0.2) is 33.7 Å². The maximum atomic E-state index is 12.1. The number of rotatable bonds is 6. The molecule has 0 saturated carbocycles. The van der Waals surface area contributed by atoms with Crippen LogP contribution in [0, 0.1) is 0 Å². The van der Waals surface area contributed by atoms with Crippen LogP contribution in [0.3, 0.4) is 0 Å². The highest BCUT2D eigenvalue weighted by Crippen LogP contribution is 2.16. The van der Waals surface area contributed by atoms with Crippen LogP contribution < -0.4 is 10.0 Å². The third-order valence-corrected chi connectivity index (χ3v) is 4.23. The normalized spacial score (nSPS) is 20.3. The molecule has 108 valence electrons. The molecule has 1 fully saturated rings. The fraction of sp³-hybridized carbons (Fsp3) is 0.667. The van der Waals surface area contributed by atoms with E-state index < -0.39 is 10.0 Å². The molecule has 1 aliphatic heterocycles. The van der Waals surface area contributed by atoms with Crippen LogP contribution in [0.4, 0.5) is 0 Å². The quantitative estimate of drug-likeness (QED) is 0.811. The molecule has 2 rings (SSSR count). The van der Waals surface area contributed by atoms with Crippen LogP contribution in [0.25, 0.3) is 0 Å². The summed E-state index contributed by atoms with van der Waals surface area (Å²) in [6.45, 7) is 5.56. The lowest BCUT2D eigenvalue weighted by Crippen LogP contribution is -2.34. The van der Waals surface area contributed by atoms with Crippen molar-refractivity contribution in [3.63, 3.8) is 0 Å². The van der Waals surface area contributed by atoms with Crippen molar-refractivity contribution in [1.29, 1.82) is 0 Å². The van der Waals surface area contributed by atoms with E-state index in [0.29, 0.717) is 38.0 Å². The summed E-state index contributed by atoms with van der Waals surface area (Å²) in [6.07, 6.45) is 0.696. The summed E-state index contributed by atoms with van der Waals surface area (Å²) in [5.74, 6) is 0.608. The van der Waals surface area contributed by atoms with Gasteiger partial charge in [0.1, 0.15) is 5.76 Å². The standard InChI is InChI=1S/C12H20N2O4S/c1-9(2)13-7-11-3-4-12(18-11)19(15,16)14-10-5-6-17-8-10/h3-4,9-10,13-14H,5-8H2,1-2H3. The molecule has 1 aromatic heterocycles. The molecule has 1 saturated heterocycles. The summed E-state index contributed by atoms with van der Waals surface area (Å²) in [6, 6.07) is 3.32. The van der Waals surface area contributed by atoms with Crippen LogP contribution in [-0.2, 0) is 21.3 Å². The maximum absolute atomic E-state index is 12.1. The van der Waals surface area contributed by atoms with Gasteiger partial charge in [0.05, 0.1) is 13.2 Å². The highest BCUT2D eigenvalue weighted by molar-refractivity contribution is 7.89. The first kappa shape index (κ1) is 14.5. The van der Waals surface area contributed by atoms with E-state index >= 15 is 0 Å². The minimum atomic E-state index is -3.59. The fourth-order valence-electron chi connectivity index (χ4n) is 1.81. The third kappa shape index (κ3) is 4.04. The average molecular weight is 288 g/mol. The lowest BCUT2D eigenvalue weighted by atomic mass is 10.3. The largest absolute Gasteiger partial charge is 0.447 e. The Morgan fingerprint density at radius 3 is 2.84 bits per heavy atom. The smallest absolute Gasteiger partial charge is 0.274 e. The lowest BCUT2D eigenvalue weighted by Gasteiger charge is -2.09. The van der Waals surface area contributed by atoms with Crippen LogP contribution in [0.5, 0.6) is 0 Å². The van der Waals surface area contributed by atoms with Crippen molar-refractivity contribution < 1.29 is 17.6 Å². The van der Waals surface area contributed by atoms with Gasteiger partial charge in [0.15, 0.2) is 0 Å². The van der Waals surface area contributed by atoms with Crippen LogP contribution in [0.2, 0.25) is 0 Å². The van der Waals surface area contributed by atoms with Gasteiger partial charge in [-0.05, 0) is 18.6 Å². The Bertz CT molecular complexity index is 504. The van der Waals surface area contributed by atoms with Gasteiger partial charge in [0.2, 0.25) is 5.09 Å². The molecule has 0 radical (unpaired) electrons. The van der Waals surface area contributed by atoms with E-state index in [2.05, 4.69) is 10.0 Å². The molecular formula is C12H20N2O4S. The second-order valence-corrected chi connectivity index (χ2v) is 6.58. The van der Waals surface area contributed by atoms with E-state index in [1.165, 1.54) is 6.07 Å². The molecule has 2 heterocycles. The van der Waals surface area contributed by atoms with Crippen molar-refractivity contribution in [2.24, 2.45) is 0 Å². The molecule has 0 spiro atoms. The first-order chi connectivity index (χ1) is 8.97. The van der Waals surface area contributed by atoms with E-state index in [9.17, 15) is 8.42 Å². The van der Waals surface area contributed by atoms with Gasteiger partial charge >= 0.3 is 0 Å². The Balaban J connectivity index is 1.99. The molecule has 1 unspecified atom stereocenters. The van der Waals surface area contributed by atoms with Crippen LogP contribution in [0.1, 0.15) is 26.0 Å². The van der Waals surface area contributed by atoms with Crippen molar-refractivity contribution in [3.8, 4) is 0 Å². The van der Waals surface area contributed by atoms with Gasteiger partial charge in [0.25, 0.3) is 10.0 Å². The van der Waals surface area contributed by atoms with E-state index in [1.54, 1.807) is 6.07 Å². The Kier molecular flexibility index (Phi) is 4.62. The predicted octanol–water partition coefficient (Wildman–Crippen LogP) is 0.845. The molecule has 1 atom stereocenters. The van der Waals surface area contributed by atoms with Crippen molar-refractivity contribution in [2.75, 3.05) is 13.2 Å². The van der Waals surface area contributed by atoms with E-state index in [-0.39, 0.29) is 11.1 Å². The molecule has 19 heavy (non-hydrogen) atoms. The van der Waals surface area contributed by atoms with Gasteiger partial charge in [-0.2, -0.15) is 0 Å². The van der Waals surface area contributed by atoms with Crippen molar-refractivity contribution in [3.05, 3.63) is 17.9 Å². The molecule has 1 aromatic rings. The summed E-state index contributed by atoms with van der Waals surface area (Å²) >= 11 is 0. The number of hydrogen-bond acceptors (Lipinski definition) is 5. The maximum Gasteiger partial charge on any atom is 0.274 e. The lowest BCUT2D eigenvalue weighted by molar-refractivity contribution is 0.192. The second kappa shape index (κ2) is 6.04. The zero-order valence-electron chi connectivity index (χ0n) is 11.2. The van der Waals surface area contributed by atoms with E-state index in [0.717, 1.165) is 0 Å². The molecular weight excluding hydrogens is 268 g/mol. The Labute approximate surface area is 113 Å². The first-order valence-corrected chi connectivity index (χ1v) is 7.88. The van der Waals surface area contributed by atoms with Crippen LogP contribution >= 0.6 is 0 Å². The SMILES string of the molecule is CC(C)NCc1ccc(S(=O)(=O)NC2CCOC2)o1. The molecule has 0 amide bonds. The molecule has 1 aliphatic rings. The summed E-state index contributed by atoms with van der Waals surface area (Å²) in [4.78, 5) is 0. The molecule has 2 N–H and O–H groups in total. The van der Waals surface area contributed by atoms with Crippen molar-refractivity contribution >= 4 is 10.0 Å². The van der Waals surface area contributed by atoms with Gasteiger partial charge in [-0.15, -0.1) is 0 Å². The third-order valence-electron chi connectivity index (χ3n) is 2.84. The highest BCUT2D eigenvalue weighted by atomic mass is 32.2. The summed E-state index contributed by atoms with van der Waals surface area (Å²) in [5.41, 5.74) is 0.